The number of quaternary nitrogens is 2. The van der Waals surface area contributed by atoms with Gasteiger partial charge in [0, 0.05) is 11.1 Å². The highest BCUT2D eigenvalue weighted by Crippen LogP contribution is 2.15. The van der Waals surface area contributed by atoms with Crippen LogP contribution in [0.4, 0.5) is 0 Å². The predicted octanol–water partition coefficient (Wildman–Crippen LogP) is 0.866. The lowest BCUT2D eigenvalue weighted by Crippen LogP contribution is -3.27. The van der Waals surface area contributed by atoms with E-state index < -0.39 is 0 Å². The second kappa shape index (κ2) is 8.90. The fraction of sp³-hybridized carbons (Fsp3) is 0.364. The van der Waals surface area contributed by atoms with E-state index in [1.165, 1.54) is 11.1 Å². The summed E-state index contributed by atoms with van der Waals surface area (Å²) in [5.74, 6) is 1.76. The van der Waals surface area contributed by atoms with Gasteiger partial charge in [-0.25, -0.2) is 4.68 Å². The average Bonchev–Trinajstić information content (AvgIpc) is 3.11. The number of methoxy groups -OCH3 is 1. The van der Waals surface area contributed by atoms with Crippen molar-refractivity contribution in [3.05, 3.63) is 64.4 Å². The molecule has 7 heteroatoms. The fourth-order valence-corrected chi connectivity index (χ4v) is 4.05. The lowest BCUT2D eigenvalue weighted by Gasteiger charge is -2.29. The van der Waals surface area contributed by atoms with Crippen LogP contribution in [0.2, 0.25) is 0 Å². The monoisotopic (exact) mass is 411 g/mol. The summed E-state index contributed by atoms with van der Waals surface area (Å²) < 4.78 is 7.88. The van der Waals surface area contributed by atoms with Crippen molar-refractivity contribution in [3.63, 3.8) is 0 Å². The van der Waals surface area contributed by atoms with Crippen molar-refractivity contribution < 1.29 is 14.5 Å². The maximum Gasteiger partial charge on any atom is 0.221 e. The van der Waals surface area contributed by atoms with Crippen molar-refractivity contribution in [2.24, 2.45) is 0 Å². The lowest BCUT2D eigenvalue weighted by molar-refractivity contribution is -1.03. The smallest absolute Gasteiger partial charge is 0.221 e. The van der Waals surface area contributed by atoms with Crippen LogP contribution < -0.4 is 14.5 Å². The highest BCUT2D eigenvalue weighted by Gasteiger charge is 2.23. The Morgan fingerprint density at radius 3 is 2.31 bits per heavy atom. The average molecular weight is 412 g/mol. The molecule has 2 aromatic carbocycles. The van der Waals surface area contributed by atoms with Gasteiger partial charge in [0.15, 0.2) is 12.5 Å². The first-order chi connectivity index (χ1) is 14.1. The molecule has 0 radical (unpaired) electrons. The summed E-state index contributed by atoms with van der Waals surface area (Å²) in [7, 11) is 1.71. The Kier molecular flexibility index (Phi) is 6.08. The van der Waals surface area contributed by atoms with Gasteiger partial charge < -0.3 is 14.5 Å². The van der Waals surface area contributed by atoms with Gasteiger partial charge in [-0.05, 0) is 43.4 Å². The number of aromatic nitrogens is 3. The molecule has 1 aliphatic heterocycles. The molecule has 3 aromatic rings. The molecule has 0 amide bonds. The Labute approximate surface area is 176 Å². The number of hydrogen-bond donors (Lipinski definition) is 3. The molecule has 152 valence electrons. The number of benzene rings is 2. The van der Waals surface area contributed by atoms with Crippen LogP contribution in [0.15, 0.2) is 48.5 Å². The summed E-state index contributed by atoms with van der Waals surface area (Å²) in [5, 5.41) is 3.39. The standard InChI is InChI=1S/C22H27N5OS/c1-17-3-7-19(8-4-17)21-23-22(29)27(24-21)16-26-13-11-25(12-14-26)15-18-5-9-20(28-2)10-6-18/h3-10H,11-16H2,1-2H3,(H,23,24,29)/p+2. The number of rotatable bonds is 6. The van der Waals surface area contributed by atoms with Gasteiger partial charge >= 0.3 is 0 Å². The lowest BCUT2D eigenvalue weighted by atomic mass is 10.1. The molecule has 0 spiro atoms. The molecule has 0 unspecified atom stereocenters. The molecule has 1 aliphatic rings. The maximum absolute atomic E-state index is 5.49. The first-order valence-electron chi connectivity index (χ1n) is 10.1. The molecule has 1 aromatic heterocycles. The molecule has 29 heavy (non-hydrogen) atoms. The van der Waals surface area contributed by atoms with Crippen LogP contribution in [0, 0.1) is 11.7 Å². The SMILES string of the molecule is COc1ccc(C[NH+]2CC[NH+](Cn3[nH]c(-c4ccc(C)cc4)nc3=S)CC2)cc1. The van der Waals surface area contributed by atoms with E-state index in [1.807, 2.05) is 16.8 Å². The Morgan fingerprint density at radius 1 is 1.00 bits per heavy atom. The minimum Gasteiger partial charge on any atom is -0.497 e. The molecular formula is C22H29N5OS+2. The highest BCUT2D eigenvalue weighted by atomic mass is 32.1. The second-order valence-corrected chi connectivity index (χ2v) is 8.20. The first-order valence-corrected chi connectivity index (χ1v) is 10.6. The molecule has 0 aliphatic carbocycles. The highest BCUT2D eigenvalue weighted by molar-refractivity contribution is 7.71. The fourth-order valence-electron chi connectivity index (χ4n) is 3.85. The maximum atomic E-state index is 5.49. The van der Waals surface area contributed by atoms with E-state index >= 15 is 0 Å². The summed E-state index contributed by atoms with van der Waals surface area (Å²) in [5.41, 5.74) is 3.68. The van der Waals surface area contributed by atoms with Crippen LogP contribution >= 0.6 is 12.2 Å². The third-order valence-electron chi connectivity index (χ3n) is 5.66. The third-order valence-corrected chi connectivity index (χ3v) is 5.98. The second-order valence-electron chi connectivity index (χ2n) is 7.83. The number of aromatic amines is 1. The van der Waals surface area contributed by atoms with E-state index in [0.29, 0.717) is 4.77 Å². The summed E-state index contributed by atoms with van der Waals surface area (Å²) in [4.78, 5) is 7.73. The van der Waals surface area contributed by atoms with Gasteiger partial charge in [0.25, 0.3) is 0 Å². The van der Waals surface area contributed by atoms with Crippen molar-refractivity contribution in [2.75, 3.05) is 33.3 Å². The molecule has 2 heterocycles. The number of hydrogen-bond acceptors (Lipinski definition) is 3. The van der Waals surface area contributed by atoms with Gasteiger partial charge in [0.05, 0.1) is 7.11 Å². The Hall–Kier alpha value is -2.48. The van der Waals surface area contributed by atoms with Gasteiger partial charge in [-0.15, -0.1) is 0 Å². The first kappa shape index (κ1) is 19.8. The zero-order valence-electron chi connectivity index (χ0n) is 17.1. The number of H-pyrrole nitrogens is 1. The number of nitrogens with zero attached hydrogens (tertiary/aromatic N) is 2. The van der Waals surface area contributed by atoms with Crippen LogP contribution in [0.1, 0.15) is 11.1 Å². The molecule has 0 atom stereocenters. The Morgan fingerprint density at radius 2 is 1.66 bits per heavy atom. The van der Waals surface area contributed by atoms with E-state index in [2.05, 4.69) is 53.4 Å². The zero-order valence-corrected chi connectivity index (χ0v) is 17.9. The number of ether oxygens (including phenoxy) is 1. The zero-order chi connectivity index (χ0) is 20.2. The Bertz CT molecular complexity index is 985. The van der Waals surface area contributed by atoms with Crippen LogP contribution in [-0.4, -0.2) is 48.1 Å². The Balaban J connectivity index is 1.32. The topological polar surface area (TPSA) is 51.7 Å². The summed E-state index contributed by atoms with van der Waals surface area (Å²) in [6.45, 7) is 8.58. The van der Waals surface area contributed by atoms with Crippen LogP contribution in [0.3, 0.4) is 0 Å². The van der Waals surface area contributed by atoms with Crippen molar-refractivity contribution in [3.8, 4) is 17.1 Å². The molecule has 6 nitrogen and oxygen atoms in total. The summed E-state index contributed by atoms with van der Waals surface area (Å²) >= 11 is 5.49. The molecule has 0 bridgehead atoms. The van der Waals surface area contributed by atoms with E-state index in [1.54, 1.807) is 16.9 Å². The van der Waals surface area contributed by atoms with E-state index in [0.717, 1.165) is 56.5 Å². The van der Waals surface area contributed by atoms with E-state index in [4.69, 9.17) is 17.0 Å². The normalized spacial score (nSPS) is 19.2. The van der Waals surface area contributed by atoms with Gasteiger partial charge in [-0.1, -0.05) is 29.8 Å². The molecule has 0 saturated carbocycles. The largest absolute Gasteiger partial charge is 0.497 e. The van der Waals surface area contributed by atoms with Crippen molar-refractivity contribution in [1.82, 2.24) is 14.8 Å². The van der Waals surface area contributed by atoms with Crippen molar-refractivity contribution in [2.45, 2.75) is 20.1 Å². The third kappa shape index (κ3) is 4.93. The quantitative estimate of drug-likeness (QED) is 0.528. The minimum absolute atomic E-state index is 0.626. The van der Waals surface area contributed by atoms with Gasteiger partial charge in [-0.3, -0.25) is 5.10 Å². The van der Waals surface area contributed by atoms with Crippen LogP contribution in [-0.2, 0) is 13.2 Å². The molecule has 3 N–H and O–H groups in total. The van der Waals surface area contributed by atoms with Crippen molar-refractivity contribution >= 4 is 12.2 Å². The molecule has 1 saturated heterocycles. The minimum atomic E-state index is 0.626. The summed E-state index contributed by atoms with van der Waals surface area (Å²) in [6, 6.07) is 16.8. The number of aryl methyl sites for hydroxylation is 1. The summed E-state index contributed by atoms with van der Waals surface area (Å²) in [6.07, 6.45) is 0. The van der Waals surface area contributed by atoms with Crippen molar-refractivity contribution in [1.29, 1.82) is 0 Å². The van der Waals surface area contributed by atoms with Gasteiger partial charge in [-0.2, -0.15) is 4.98 Å². The molecular weight excluding hydrogens is 382 g/mol. The van der Waals surface area contributed by atoms with E-state index in [-0.39, 0.29) is 0 Å². The van der Waals surface area contributed by atoms with Crippen LogP contribution in [0.25, 0.3) is 11.4 Å². The number of nitrogens with one attached hydrogen (secondary N) is 3. The van der Waals surface area contributed by atoms with Crippen LogP contribution in [0.5, 0.6) is 5.75 Å². The predicted molar refractivity (Wildman–Crippen MR) is 116 cm³/mol. The molecule has 1 fully saturated rings. The van der Waals surface area contributed by atoms with Gasteiger partial charge in [0.2, 0.25) is 4.77 Å². The van der Waals surface area contributed by atoms with E-state index in [9.17, 15) is 0 Å². The number of piperazine rings is 1. The van der Waals surface area contributed by atoms with Gasteiger partial charge in [0.1, 0.15) is 38.5 Å². The molecule has 4 rings (SSSR count).